The third-order valence-electron chi connectivity index (χ3n) is 7.07. The van der Waals surface area contributed by atoms with E-state index in [1.54, 1.807) is 0 Å². The van der Waals surface area contributed by atoms with Crippen LogP contribution in [0.5, 0.6) is 0 Å². The van der Waals surface area contributed by atoms with Crippen LogP contribution in [0.15, 0.2) is 48.5 Å². The molecule has 3 heterocycles. The van der Waals surface area contributed by atoms with Crippen LogP contribution in [0.4, 0.5) is 5.69 Å². The molecule has 188 valence electrons. The zero-order valence-electron chi connectivity index (χ0n) is 21.2. The summed E-state index contributed by atoms with van der Waals surface area (Å²) in [5, 5.41) is 0.993. The molecule has 0 atom stereocenters. The second-order valence-corrected chi connectivity index (χ2v) is 10.4. The van der Waals surface area contributed by atoms with E-state index < -0.39 is 0 Å². The maximum absolute atomic E-state index is 13.2. The second kappa shape index (κ2) is 10.4. The molecule has 2 aromatic carbocycles. The van der Waals surface area contributed by atoms with Gasteiger partial charge in [-0.05, 0) is 54.8 Å². The molecule has 8 heteroatoms. The number of aromatic nitrogens is 2. The Balaban J connectivity index is 1.43. The van der Waals surface area contributed by atoms with Crippen molar-refractivity contribution in [1.82, 2.24) is 19.4 Å². The van der Waals surface area contributed by atoms with Gasteiger partial charge in [0.05, 0.1) is 22.5 Å². The van der Waals surface area contributed by atoms with Crippen LogP contribution in [0.2, 0.25) is 0 Å². The van der Waals surface area contributed by atoms with Crippen LogP contribution in [0, 0.1) is 0 Å². The van der Waals surface area contributed by atoms with E-state index in [1.165, 1.54) is 11.3 Å². The monoisotopic (exact) mass is 503 g/mol. The van der Waals surface area contributed by atoms with E-state index >= 15 is 0 Å². The van der Waals surface area contributed by atoms with Gasteiger partial charge in [-0.15, -0.1) is 11.3 Å². The van der Waals surface area contributed by atoms with Gasteiger partial charge in [-0.3, -0.25) is 9.59 Å². The summed E-state index contributed by atoms with van der Waals surface area (Å²) < 4.78 is 3.11. The predicted molar refractivity (Wildman–Crippen MR) is 147 cm³/mol. The Bertz CT molecular complexity index is 1400. The molecule has 0 unspecified atom stereocenters. The van der Waals surface area contributed by atoms with Crippen LogP contribution in [0.1, 0.15) is 42.2 Å². The molecule has 0 saturated carbocycles. The molecule has 0 bridgehead atoms. The number of amides is 2. The number of carbonyl (C=O) groups is 2. The number of anilines is 1. The van der Waals surface area contributed by atoms with Crippen LogP contribution in [-0.2, 0) is 18.4 Å². The summed E-state index contributed by atoms with van der Waals surface area (Å²) in [6, 6.07) is 16.1. The molecule has 36 heavy (non-hydrogen) atoms. The summed E-state index contributed by atoms with van der Waals surface area (Å²) in [5.74, 6) is 1.02. The Morgan fingerprint density at radius 1 is 1.03 bits per heavy atom. The molecule has 2 aromatic heterocycles. The fraction of sp³-hybridized carbons (Fsp3) is 0.393. The fourth-order valence-electron chi connectivity index (χ4n) is 4.88. The molecule has 0 radical (unpaired) electrons. The molecule has 1 aliphatic rings. The quantitative estimate of drug-likeness (QED) is 0.360. The lowest BCUT2D eigenvalue weighted by Gasteiger charge is -2.33. The maximum atomic E-state index is 13.2. The fourth-order valence-corrected chi connectivity index (χ4v) is 5.89. The van der Waals surface area contributed by atoms with Crippen molar-refractivity contribution in [1.29, 1.82) is 0 Å². The summed E-state index contributed by atoms with van der Waals surface area (Å²) in [5.41, 5.74) is 2.81. The van der Waals surface area contributed by atoms with Crippen LogP contribution in [-0.4, -0.2) is 63.9 Å². The number of imidazole rings is 1. The molecule has 5 rings (SSSR count). The van der Waals surface area contributed by atoms with E-state index in [0.29, 0.717) is 13.0 Å². The van der Waals surface area contributed by atoms with Gasteiger partial charge in [0.25, 0.3) is 5.91 Å². The summed E-state index contributed by atoms with van der Waals surface area (Å²) in [6.07, 6.45) is 1.25. The molecule has 2 amide bonds. The van der Waals surface area contributed by atoms with Crippen molar-refractivity contribution in [2.75, 3.05) is 37.6 Å². The zero-order chi connectivity index (χ0) is 25.2. The molecule has 1 saturated heterocycles. The number of benzene rings is 2. The third-order valence-corrected chi connectivity index (χ3v) is 8.18. The minimum Gasteiger partial charge on any atom is -0.335 e. The first-order valence-corrected chi connectivity index (χ1v) is 13.6. The van der Waals surface area contributed by atoms with Gasteiger partial charge < -0.3 is 19.3 Å². The van der Waals surface area contributed by atoms with Crippen LogP contribution >= 0.6 is 11.3 Å². The van der Waals surface area contributed by atoms with Crippen LogP contribution < -0.4 is 4.90 Å². The molecular weight excluding hydrogens is 470 g/mol. The van der Waals surface area contributed by atoms with Gasteiger partial charge in [0, 0.05) is 50.0 Å². The minimum absolute atomic E-state index is 0.0734. The van der Waals surface area contributed by atoms with E-state index in [9.17, 15) is 9.59 Å². The highest BCUT2D eigenvalue weighted by atomic mass is 32.1. The first kappa shape index (κ1) is 24.5. The molecule has 1 fully saturated rings. The lowest BCUT2D eigenvalue weighted by atomic mass is 10.2. The van der Waals surface area contributed by atoms with E-state index in [2.05, 4.69) is 16.4 Å². The summed E-state index contributed by atoms with van der Waals surface area (Å²) in [6.45, 7) is 8.98. The number of thiophene rings is 1. The van der Waals surface area contributed by atoms with Crippen molar-refractivity contribution in [3.8, 4) is 0 Å². The number of nitrogens with zero attached hydrogens (tertiary/aromatic N) is 5. The van der Waals surface area contributed by atoms with Gasteiger partial charge in [-0.2, -0.15) is 0 Å². The van der Waals surface area contributed by atoms with Gasteiger partial charge >= 0.3 is 0 Å². The van der Waals surface area contributed by atoms with Crippen LogP contribution in [0.25, 0.3) is 21.1 Å². The molecule has 0 N–H and O–H groups in total. The Morgan fingerprint density at radius 3 is 2.53 bits per heavy atom. The average molecular weight is 504 g/mol. The first-order valence-electron chi connectivity index (χ1n) is 12.7. The number of para-hydroxylation sites is 2. The standard InChI is InChI=1S/C28H33N5O2S/c1-4-8-27(34)33(19-26-29-22-9-6-7-10-23(22)30(26)3)21-11-12-24-20(17-21)18-25(36-24)28(35)32-15-13-31(5-2)14-16-32/h6-7,9-12,17-18H,4-5,8,13-16,19H2,1-3H3. The van der Waals surface area contributed by atoms with Crippen molar-refractivity contribution >= 4 is 50.0 Å². The summed E-state index contributed by atoms with van der Waals surface area (Å²) in [7, 11) is 1.99. The molecular formula is C28H33N5O2S. The Morgan fingerprint density at radius 2 is 1.81 bits per heavy atom. The largest absolute Gasteiger partial charge is 0.335 e. The molecule has 7 nitrogen and oxygen atoms in total. The zero-order valence-corrected chi connectivity index (χ0v) is 22.1. The highest BCUT2D eigenvalue weighted by Gasteiger charge is 2.24. The molecule has 0 aliphatic carbocycles. The smallest absolute Gasteiger partial charge is 0.264 e. The van der Waals surface area contributed by atoms with Crippen molar-refractivity contribution < 1.29 is 9.59 Å². The van der Waals surface area contributed by atoms with E-state index in [1.807, 2.05) is 72.3 Å². The van der Waals surface area contributed by atoms with Gasteiger partial charge in [-0.1, -0.05) is 26.0 Å². The summed E-state index contributed by atoms with van der Waals surface area (Å²) in [4.78, 5) is 38.1. The third kappa shape index (κ3) is 4.75. The number of likely N-dealkylation sites (N-methyl/N-ethyl adjacent to an activating group) is 1. The van der Waals surface area contributed by atoms with E-state index in [0.717, 1.165) is 76.7 Å². The Labute approximate surface area is 215 Å². The number of fused-ring (bicyclic) bond motifs is 2. The number of aryl methyl sites for hydroxylation is 1. The lowest BCUT2D eigenvalue weighted by Crippen LogP contribution is -2.48. The van der Waals surface area contributed by atoms with E-state index in [-0.39, 0.29) is 11.8 Å². The lowest BCUT2D eigenvalue weighted by molar-refractivity contribution is -0.118. The Hall–Kier alpha value is -3.23. The van der Waals surface area contributed by atoms with Gasteiger partial charge in [0.15, 0.2) is 0 Å². The number of piperazine rings is 1. The second-order valence-electron chi connectivity index (χ2n) is 9.36. The molecule has 4 aromatic rings. The SMILES string of the molecule is CCCC(=O)N(Cc1nc2ccccc2n1C)c1ccc2sc(C(=O)N3CCN(CC)CC3)cc2c1. The normalized spacial score (nSPS) is 14.6. The molecule has 1 aliphatic heterocycles. The molecule has 0 spiro atoms. The number of carbonyl (C=O) groups excluding carboxylic acids is 2. The predicted octanol–water partition coefficient (Wildman–Crippen LogP) is 4.90. The minimum atomic E-state index is 0.0734. The first-order chi connectivity index (χ1) is 17.5. The Kier molecular flexibility index (Phi) is 7.07. The van der Waals surface area contributed by atoms with Crippen molar-refractivity contribution in [2.45, 2.75) is 33.2 Å². The van der Waals surface area contributed by atoms with E-state index in [4.69, 9.17) is 4.98 Å². The highest BCUT2D eigenvalue weighted by Crippen LogP contribution is 2.31. The van der Waals surface area contributed by atoms with Gasteiger partial charge in [0.1, 0.15) is 5.82 Å². The maximum Gasteiger partial charge on any atom is 0.264 e. The number of rotatable bonds is 7. The average Bonchev–Trinajstić information content (AvgIpc) is 3.47. The number of hydrogen-bond donors (Lipinski definition) is 0. The van der Waals surface area contributed by atoms with Gasteiger partial charge in [0.2, 0.25) is 5.91 Å². The topological polar surface area (TPSA) is 61.7 Å². The summed E-state index contributed by atoms with van der Waals surface area (Å²) >= 11 is 1.53. The van der Waals surface area contributed by atoms with Crippen molar-refractivity contribution in [2.24, 2.45) is 7.05 Å². The number of hydrogen-bond acceptors (Lipinski definition) is 5. The van der Waals surface area contributed by atoms with Crippen LogP contribution in [0.3, 0.4) is 0 Å². The van der Waals surface area contributed by atoms with Gasteiger partial charge in [-0.25, -0.2) is 4.98 Å². The highest BCUT2D eigenvalue weighted by molar-refractivity contribution is 7.20. The van der Waals surface area contributed by atoms with Crippen molar-refractivity contribution in [3.05, 3.63) is 59.2 Å². The van der Waals surface area contributed by atoms with Crippen molar-refractivity contribution in [3.63, 3.8) is 0 Å².